The van der Waals surface area contributed by atoms with Gasteiger partial charge in [0.05, 0.1) is 0 Å². The number of rotatable bonds is 7. The molecular formula is C6H12O4S2. The summed E-state index contributed by atoms with van der Waals surface area (Å²) in [7, 11) is -0.809. The van der Waals surface area contributed by atoms with Gasteiger partial charge in [-0.15, -0.1) is 0 Å². The van der Waals surface area contributed by atoms with E-state index in [1.165, 1.54) is 0 Å². The SMILES string of the molecule is O=C(O)CCCCCSS(=O)O. The van der Waals surface area contributed by atoms with Crippen molar-refractivity contribution in [3.8, 4) is 0 Å². The zero-order valence-electron chi connectivity index (χ0n) is 6.56. The molecule has 0 aliphatic carbocycles. The maximum Gasteiger partial charge on any atom is 0.303 e. The van der Waals surface area contributed by atoms with Gasteiger partial charge in [-0.25, -0.2) is 4.21 Å². The van der Waals surface area contributed by atoms with E-state index in [1.54, 1.807) is 0 Å². The van der Waals surface area contributed by atoms with Gasteiger partial charge in [0.2, 0.25) is 10.1 Å². The predicted octanol–water partition coefficient (Wildman–Crippen LogP) is 1.50. The van der Waals surface area contributed by atoms with Gasteiger partial charge in [0.1, 0.15) is 0 Å². The van der Waals surface area contributed by atoms with Crippen molar-refractivity contribution in [1.29, 1.82) is 0 Å². The lowest BCUT2D eigenvalue weighted by atomic mass is 10.2. The van der Waals surface area contributed by atoms with E-state index in [-0.39, 0.29) is 6.42 Å². The molecule has 0 aliphatic heterocycles. The average molecular weight is 212 g/mol. The minimum Gasteiger partial charge on any atom is -0.481 e. The summed E-state index contributed by atoms with van der Waals surface area (Å²) >= 11 is 0. The molecule has 0 radical (unpaired) electrons. The van der Waals surface area contributed by atoms with Crippen LogP contribution >= 0.6 is 10.8 Å². The lowest BCUT2D eigenvalue weighted by Crippen LogP contribution is -1.94. The van der Waals surface area contributed by atoms with Crippen LogP contribution in [0.5, 0.6) is 0 Å². The first kappa shape index (κ1) is 11.9. The molecule has 0 bridgehead atoms. The van der Waals surface area contributed by atoms with E-state index in [4.69, 9.17) is 9.66 Å². The number of carboxylic acid groups (broad SMARTS) is 1. The van der Waals surface area contributed by atoms with Crippen molar-refractivity contribution in [2.24, 2.45) is 0 Å². The fourth-order valence-electron chi connectivity index (χ4n) is 0.685. The molecule has 12 heavy (non-hydrogen) atoms. The molecule has 0 saturated carbocycles. The van der Waals surface area contributed by atoms with E-state index in [0.717, 1.165) is 23.6 Å². The van der Waals surface area contributed by atoms with Crippen LogP contribution in [0.1, 0.15) is 25.7 Å². The number of carbonyl (C=O) groups is 1. The normalized spacial score (nSPS) is 12.8. The van der Waals surface area contributed by atoms with Gasteiger partial charge in [-0.1, -0.05) is 6.42 Å². The molecule has 0 aromatic rings. The Bertz CT molecular complexity index is 142. The first-order valence-electron chi connectivity index (χ1n) is 3.59. The van der Waals surface area contributed by atoms with Gasteiger partial charge in [-0.3, -0.25) is 9.35 Å². The van der Waals surface area contributed by atoms with Crippen LogP contribution in [0, 0.1) is 0 Å². The fourth-order valence-corrected chi connectivity index (χ4v) is 1.93. The van der Waals surface area contributed by atoms with E-state index < -0.39 is 16.1 Å². The Morgan fingerprint density at radius 2 is 2.00 bits per heavy atom. The number of hydrogen-bond donors (Lipinski definition) is 2. The van der Waals surface area contributed by atoms with Crippen LogP contribution in [0.15, 0.2) is 0 Å². The van der Waals surface area contributed by atoms with Crippen molar-refractivity contribution in [2.45, 2.75) is 25.7 Å². The molecule has 0 heterocycles. The third-order valence-electron chi connectivity index (χ3n) is 1.22. The van der Waals surface area contributed by atoms with Crippen LogP contribution < -0.4 is 0 Å². The molecule has 4 nitrogen and oxygen atoms in total. The topological polar surface area (TPSA) is 74.6 Å². The molecule has 1 atom stereocenters. The number of aliphatic carboxylic acids is 1. The molecule has 72 valence electrons. The minimum absolute atomic E-state index is 0.187. The van der Waals surface area contributed by atoms with Gasteiger partial charge in [0.25, 0.3) is 0 Å². The fraction of sp³-hybridized carbons (Fsp3) is 0.833. The zero-order chi connectivity index (χ0) is 9.40. The van der Waals surface area contributed by atoms with Crippen LogP contribution in [-0.2, 0) is 14.9 Å². The Hall–Kier alpha value is -0.0700. The van der Waals surface area contributed by atoms with E-state index in [1.807, 2.05) is 0 Å². The lowest BCUT2D eigenvalue weighted by molar-refractivity contribution is -0.137. The molecule has 0 aromatic heterocycles. The average Bonchev–Trinajstić information content (AvgIpc) is 1.95. The molecule has 0 amide bonds. The molecule has 6 heteroatoms. The maximum absolute atomic E-state index is 10.1. The van der Waals surface area contributed by atoms with Gasteiger partial charge in [0, 0.05) is 12.2 Å². The standard InChI is InChI=1S/C6H12O4S2/c7-6(8)4-2-1-3-5-11-12(9)10/h1-5H2,(H,7,8)(H,9,10). The van der Waals surface area contributed by atoms with Crippen LogP contribution in [0.4, 0.5) is 0 Å². The quantitative estimate of drug-likeness (QED) is 0.380. The van der Waals surface area contributed by atoms with Gasteiger partial charge >= 0.3 is 5.97 Å². The summed E-state index contributed by atoms with van der Waals surface area (Å²) in [4.78, 5) is 10.0. The second kappa shape index (κ2) is 7.57. The number of hydrogen-bond acceptors (Lipinski definition) is 3. The van der Waals surface area contributed by atoms with Crippen LogP contribution in [0.2, 0.25) is 0 Å². The van der Waals surface area contributed by atoms with Gasteiger partial charge in [0.15, 0.2) is 0 Å². The maximum atomic E-state index is 10.1. The highest BCUT2D eigenvalue weighted by molar-refractivity contribution is 8.67. The van der Waals surface area contributed by atoms with Crippen LogP contribution in [-0.4, -0.2) is 25.6 Å². The Kier molecular flexibility index (Phi) is 7.53. The molecule has 0 fully saturated rings. The lowest BCUT2D eigenvalue weighted by Gasteiger charge is -1.96. The van der Waals surface area contributed by atoms with Crippen LogP contribution in [0.25, 0.3) is 0 Å². The summed E-state index contributed by atoms with van der Waals surface area (Å²) in [6.45, 7) is 0. The van der Waals surface area contributed by atoms with E-state index in [9.17, 15) is 9.00 Å². The van der Waals surface area contributed by atoms with Crippen molar-refractivity contribution < 1.29 is 18.7 Å². The zero-order valence-corrected chi connectivity index (χ0v) is 8.20. The summed E-state index contributed by atoms with van der Waals surface area (Å²) < 4.78 is 18.5. The highest BCUT2D eigenvalue weighted by Gasteiger charge is 1.97. The summed E-state index contributed by atoms with van der Waals surface area (Å²) in [5, 5.41) is 8.26. The highest BCUT2D eigenvalue weighted by Crippen LogP contribution is 2.09. The molecule has 0 rings (SSSR count). The van der Waals surface area contributed by atoms with E-state index in [0.29, 0.717) is 12.2 Å². The highest BCUT2D eigenvalue weighted by atomic mass is 33.1. The van der Waals surface area contributed by atoms with Crippen molar-refractivity contribution in [3.63, 3.8) is 0 Å². The molecule has 1 unspecified atom stereocenters. The number of unbranched alkanes of at least 4 members (excludes halogenated alkanes) is 2. The van der Waals surface area contributed by atoms with E-state index >= 15 is 0 Å². The molecule has 0 aromatic carbocycles. The third-order valence-corrected chi connectivity index (χ3v) is 2.98. The van der Waals surface area contributed by atoms with Crippen molar-refractivity contribution in [3.05, 3.63) is 0 Å². The minimum atomic E-state index is -1.78. The molecule has 0 saturated heterocycles. The smallest absolute Gasteiger partial charge is 0.303 e. The molecule has 0 spiro atoms. The molecule has 2 N–H and O–H groups in total. The summed E-state index contributed by atoms with van der Waals surface area (Å²) in [5.41, 5.74) is 0. The summed E-state index contributed by atoms with van der Waals surface area (Å²) in [6.07, 6.45) is 2.43. The van der Waals surface area contributed by atoms with Crippen molar-refractivity contribution >= 4 is 26.9 Å². The third kappa shape index (κ3) is 9.93. The number of carboxylic acids is 1. The largest absolute Gasteiger partial charge is 0.481 e. The second-order valence-corrected chi connectivity index (χ2v) is 4.88. The second-order valence-electron chi connectivity index (χ2n) is 2.24. The first-order chi connectivity index (χ1) is 5.63. The Balaban J connectivity index is 3.01. The Labute approximate surface area is 77.4 Å². The van der Waals surface area contributed by atoms with Crippen molar-refractivity contribution in [2.75, 3.05) is 5.75 Å². The van der Waals surface area contributed by atoms with Gasteiger partial charge in [-0.05, 0) is 23.6 Å². The predicted molar refractivity (Wildman–Crippen MR) is 49.3 cm³/mol. The molecule has 0 aliphatic rings. The summed E-state index contributed by atoms with van der Waals surface area (Å²) in [5.74, 6) is -0.170. The first-order valence-corrected chi connectivity index (χ1v) is 6.20. The monoisotopic (exact) mass is 212 g/mol. The van der Waals surface area contributed by atoms with Crippen LogP contribution in [0.3, 0.4) is 0 Å². The van der Waals surface area contributed by atoms with Gasteiger partial charge in [-0.2, -0.15) is 0 Å². The Morgan fingerprint density at radius 3 is 2.50 bits per heavy atom. The molecular weight excluding hydrogens is 200 g/mol. The Morgan fingerprint density at radius 1 is 1.33 bits per heavy atom. The van der Waals surface area contributed by atoms with Gasteiger partial charge < -0.3 is 5.11 Å². The van der Waals surface area contributed by atoms with E-state index in [2.05, 4.69) is 0 Å². The summed E-state index contributed by atoms with van der Waals surface area (Å²) in [6, 6.07) is 0. The van der Waals surface area contributed by atoms with Crippen molar-refractivity contribution in [1.82, 2.24) is 0 Å².